The summed E-state index contributed by atoms with van der Waals surface area (Å²) in [6, 6.07) is 4.49. The van der Waals surface area contributed by atoms with Gasteiger partial charge in [-0.05, 0) is 38.3 Å². The van der Waals surface area contributed by atoms with Crippen LogP contribution in [0, 0.1) is 0 Å². The number of rotatable bonds is 6. The van der Waals surface area contributed by atoms with E-state index in [4.69, 9.17) is 9.47 Å². The van der Waals surface area contributed by atoms with Crippen LogP contribution in [-0.4, -0.2) is 42.0 Å². The first kappa shape index (κ1) is 20.9. The third-order valence-electron chi connectivity index (χ3n) is 5.50. The minimum Gasteiger partial charge on any atom is -0.493 e. The maximum absolute atomic E-state index is 13.1. The fraction of sp³-hybridized carbons (Fsp3) is 0.500. The van der Waals surface area contributed by atoms with Gasteiger partial charge >= 0.3 is 6.03 Å². The molecule has 29 heavy (non-hydrogen) atoms. The quantitative estimate of drug-likeness (QED) is 0.582. The lowest BCUT2D eigenvalue weighted by Gasteiger charge is -2.35. The smallest absolute Gasteiger partial charge is 0.331 e. The van der Waals surface area contributed by atoms with Gasteiger partial charge in [-0.15, -0.1) is 0 Å². The van der Waals surface area contributed by atoms with Crippen molar-refractivity contribution in [3.05, 3.63) is 29.3 Å². The fourth-order valence-electron chi connectivity index (χ4n) is 3.72. The van der Waals surface area contributed by atoms with E-state index >= 15 is 0 Å². The van der Waals surface area contributed by atoms with Crippen LogP contribution in [-0.2, 0) is 9.59 Å². The number of amides is 4. The third kappa shape index (κ3) is 4.44. The summed E-state index contributed by atoms with van der Waals surface area (Å²) in [5.74, 6) is -0.255. The second-order valence-electron chi connectivity index (χ2n) is 7.50. The van der Waals surface area contributed by atoms with Crippen molar-refractivity contribution in [2.24, 2.45) is 0 Å². The van der Waals surface area contributed by atoms with Gasteiger partial charge < -0.3 is 9.47 Å². The Hall–Kier alpha value is -2.83. The topological polar surface area (TPSA) is 84.9 Å². The molecule has 1 heterocycles. The highest BCUT2D eigenvalue weighted by Gasteiger charge is 2.40. The number of methoxy groups -OCH3 is 1. The molecule has 7 nitrogen and oxygen atoms in total. The Bertz CT molecular complexity index is 826. The summed E-state index contributed by atoms with van der Waals surface area (Å²) < 4.78 is 11.4. The molecular formula is C22H28N2O5. The van der Waals surface area contributed by atoms with Crippen LogP contribution in [0.3, 0.4) is 0 Å². The number of carbonyl (C=O) groups is 3. The maximum Gasteiger partial charge on any atom is 0.331 e. The van der Waals surface area contributed by atoms with Gasteiger partial charge in [0.05, 0.1) is 13.2 Å². The number of urea groups is 1. The van der Waals surface area contributed by atoms with Crippen molar-refractivity contribution in [3.8, 4) is 11.5 Å². The normalized spacial score (nSPS) is 20.6. The lowest BCUT2D eigenvalue weighted by Crippen LogP contribution is -2.58. The molecule has 1 saturated heterocycles. The molecule has 1 atom stereocenters. The molecule has 4 amide bonds. The molecule has 1 aromatic rings. The number of barbiturate groups is 1. The molecule has 1 aromatic carbocycles. The molecule has 0 spiro atoms. The molecule has 1 unspecified atom stereocenters. The third-order valence-corrected chi connectivity index (χ3v) is 5.50. The average molecular weight is 400 g/mol. The van der Waals surface area contributed by atoms with Crippen molar-refractivity contribution in [2.45, 2.75) is 64.5 Å². The predicted octanol–water partition coefficient (Wildman–Crippen LogP) is 3.67. The van der Waals surface area contributed by atoms with Gasteiger partial charge in [0.2, 0.25) is 0 Å². The number of ether oxygens (including phenoxy) is 2. The minimum absolute atomic E-state index is 0.0698. The average Bonchev–Trinajstić information content (AvgIpc) is 2.72. The summed E-state index contributed by atoms with van der Waals surface area (Å²) in [6.45, 7) is 3.94. The molecule has 1 aliphatic heterocycles. The molecule has 1 saturated carbocycles. The summed E-state index contributed by atoms with van der Waals surface area (Å²) in [7, 11) is 1.54. The first-order valence-electron chi connectivity index (χ1n) is 10.2. The Morgan fingerprint density at radius 3 is 2.59 bits per heavy atom. The Balaban J connectivity index is 1.98. The largest absolute Gasteiger partial charge is 0.493 e. The Morgan fingerprint density at radius 2 is 1.93 bits per heavy atom. The minimum atomic E-state index is -0.690. The molecule has 7 heteroatoms. The molecule has 3 rings (SSSR count). The summed E-state index contributed by atoms with van der Waals surface area (Å²) in [5.41, 5.74) is 0.485. The van der Waals surface area contributed by atoms with Crippen LogP contribution >= 0.6 is 0 Å². The molecule has 2 aliphatic rings. The van der Waals surface area contributed by atoms with E-state index in [1.165, 1.54) is 18.1 Å². The summed E-state index contributed by atoms with van der Waals surface area (Å²) in [5, 5.41) is 2.31. The first-order chi connectivity index (χ1) is 14.0. The zero-order chi connectivity index (χ0) is 21.0. The summed E-state index contributed by atoms with van der Waals surface area (Å²) >= 11 is 0. The van der Waals surface area contributed by atoms with E-state index in [0.717, 1.165) is 38.5 Å². The zero-order valence-electron chi connectivity index (χ0n) is 17.2. The Morgan fingerprint density at radius 1 is 1.21 bits per heavy atom. The molecule has 0 radical (unpaired) electrons. The van der Waals surface area contributed by atoms with Crippen LogP contribution in [0.1, 0.15) is 57.9 Å². The van der Waals surface area contributed by atoms with Crippen LogP contribution in [0.25, 0.3) is 6.08 Å². The van der Waals surface area contributed by atoms with Crippen molar-refractivity contribution in [1.82, 2.24) is 10.2 Å². The van der Waals surface area contributed by atoms with E-state index in [-0.39, 0.29) is 17.7 Å². The highest BCUT2D eigenvalue weighted by Crippen LogP contribution is 2.34. The van der Waals surface area contributed by atoms with Gasteiger partial charge in [-0.25, -0.2) is 4.79 Å². The fourth-order valence-corrected chi connectivity index (χ4v) is 3.72. The second-order valence-corrected chi connectivity index (χ2v) is 7.50. The van der Waals surface area contributed by atoms with Crippen molar-refractivity contribution >= 4 is 23.9 Å². The van der Waals surface area contributed by atoms with Crippen molar-refractivity contribution in [2.75, 3.05) is 7.11 Å². The van der Waals surface area contributed by atoms with Gasteiger partial charge in [-0.2, -0.15) is 0 Å². The molecule has 2 fully saturated rings. The standard InChI is InChI=1S/C22H28N2O5/c1-4-14(2)29-19-15(9-8-12-18(19)28-3)13-17-20(25)23-22(27)24(21(17)26)16-10-6-5-7-11-16/h8-9,12-14,16H,4-7,10-11H2,1-3H3,(H,23,25,27). The van der Waals surface area contributed by atoms with E-state index < -0.39 is 17.8 Å². The monoisotopic (exact) mass is 400 g/mol. The molecule has 156 valence electrons. The molecule has 0 aromatic heterocycles. The molecular weight excluding hydrogens is 372 g/mol. The predicted molar refractivity (Wildman–Crippen MR) is 109 cm³/mol. The Kier molecular flexibility index (Phi) is 6.56. The van der Waals surface area contributed by atoms with Gasteiger partial charge in [0.25, 0.3) is 11.8 Å². The van der Waals surface area contributed by atoms with Gasteiger partial charge in [-0.3, -0.25) is 19.8 Å². The van der Waals surface area contributed by atoms with Crippen molar-refractivity contribution in [1.29, 1.82) is 0 Å². The van der Waals surface area contributed by atoms with Crippen LogP contribution < -0.4 is 14.8 Å². The maximum atomic E-state index is 13.1. The van der Waals surface area contributed by atoms with Crippen LogP contribution in [0.2, 0.25) is 0 Å². The number of para-hydroxylation sites is 1. The van der Waals surface area contributed by atoms with E-state index in [0.29, 0.717) is 17.1 Å². The van der Waals surface area contributed by atoms with E-state index in [9.17, 15) is 14.4 Å². The van der Waals surface area contributed by atoms with Gasteiger partial charge in [0.15, 0.2) is 11.5 Å². The van der Waals surface area contributed by atoms with E-state index in [1.54, 1.807) is 18.2 Å². The first-order valence-corrected chi connectivity index (χ1v) is 10.2. The second kappa shape index (κ2) is 9.11. The number of hydrogen-bond acceptors (Lipinski definition) is 5. The number of benzene rings is 1. The van der Waals surface area contributed by atoms with Crippen LogP contribution in [0.4, 0.5) is 4.79 Å². The van der Waals surface area contributed by atoms with E-state index in [1.807, 2.05) is 13.8 Å². The number of carbonyl (C=O) groups excluding carboxylic acids is 3. The number of imide groups is 2. The van der Waals surface area contributed by atoms with Crippen molar-refractivity contribution < 1.29 is 23.9 Å². The highest BCUT2D eigenvalue weighted by molar-refractivity contribution is 6.31. The highest BCUT2D eigenvalue weighted by atomic mass is 16.5. The molecule has 0 bridgehead atoms. The van der Waals surface area contributed by atoms with Crippen molar-refractivity contribution in [3.63, 3.8) is 0 Å². The summed E-state index contributed by atoms with van der Waals surface area (Å²) in [6.07, 6.45) is 6.78. The number of nitrogens with one attached hydrogen (secondary N) is 1. The lowest BCUT2D eigenvalue weighted by atomic mass is 9.93. The molecule has 1 aliphatic carbocycles. The zero-order valence-corrected chi connectivity index (χ0v) is 17.2. The van der Waals surface area contributed by atoms with E-state index in [2.05, 4.69) is 5.32 Å². The van der Waals surface area contributed by atoms with Gasteiger partial charge in [0.1, 0.15) is 5.57 Å². The Labute approximate surface area is 171 Å². The van der Waals surface area contributed by atoms with Gasteiger partial charge in [0, 0.05) is 11.6 Å². The summed E-state index contributed by atoms with van der Waals surface area (Å²) in [4.78, 5) is 39.1. The molecule has 1 N–H and O–H groups in total. The SMILES string of the molecule is CCC(C)Oc1c(C=C2C(=O)NC(=O)N(C3CCCCC3)C2=O)cccc1OC. The lowest BCUT2D eigenvalue weighted by molar-refractivity contribution is -0.132. The number of nitrogens with zero attached hydrogens (tertiary/aromatic N) is 1. The number of hydrogen-bond donors (Lipinski definition) is 1. The van der Waals surface area contributed by atoms with Crippen LogP contribution in [0.5, 0.6) is 11.5 Å². The van der Waals surface area contributed by atoms with Crippen LogP contribution in [0.15, 0.2) is 23.8 Å². The van der Waals surface area contributed by atoms with Gasteiger partial charge in [-0.1, -0.05) is 38.3 Å².